The summed E-state index contributed by atoms with van der Waals surface area (Å²) in [6, 6.07) is 4.38. The van der Waals surface area contributed by atoms with Crippen molar-refractivity contribution in [3.05, 3.63) is 35.4 Å². The second kappa shape index (κ2) is 5.81. The molecule has 1 fully saturated rings. The fourth-order valence-electron chi connectivity index (χ4n) is 2.76. The minimum Gasteiger partial charge on any atom is -0.204 e. The summed E-state index contributed by atoms with van der Waals surface area (Å²) in [5.74, 6) is -0.0887. The number of halogens is 3. The number of rotatable bonds is 4. The zero-order chi connectivity index (χ0) is 12.3. The van der Waals surface area contributed by atoms with Gasteiger partial charge in [0.05, 0.1) is 0 Å². The van der Waals surface area contributed by atoms with Crippen LogP contribution in [0.3, 0.4) is 0 Å². The van der Waals surface area contributed by atoms with E-state index in [1.165, 1.54) is 25.7 Å². The van der Waals surface area contributed by atoms with Crippen LogP contribution in [0, 0.1) is 23.5 Å². The van der Waals surface area contributed by atoms with Crippen molar-refractivity contribution in [2.24, 2.45) is 11.8 Å². The van der Waals surface area contributed by atoms with Gasteiger partial charge >= 0.3 is 0 Å². The zero-order valence-corrected chi connectivity index (χ0v) is 10.5. The van der Waals surface area contributed by atoms with E-state index in [4.69, 9.17) is 11.6 Å². The van der Waals surface area contributed by atoms with Gasteiger partial charge in [0.15, 0.2) is 11.6 Å². The zero-order valence-electron chi connectivity index (χ0n) is 9.76. The van der Waals surface area contributed by atoms with Crippen LogP contribution >= 0.6 is 11.6 Å². The molecule has 0 amide bonds. The van der Waals surface area contributed by atoms with Crippen molar-refractivity contribution in [2.45, 2.75) is 32.1 Å². The van der Waals surface area contributed by atoms with E-state index >= 15 is 0 Å². The lowest BCUT2D eigenvalue weighted by Crippen LogP contribution is -2.17. The topological polar surface area (TPSA) is 0 Å². The van der Waals surface area contributed by atoms with Crippen LogP contribution in [0.5, 0.6) is 0 Å². The largest absolute Gasteiger partial charge is 0.204 e. The smallest absolute Gasteiger partial charge is 0.162 e. The molecular formula is C14H17ClF2. The second-order valence-corrected chi connectivity index (χ2v) is 5.18. The molecular weight excluding hydrogens is 242 g/mol. The second-order valence-electron chi connectivity index (χ2n) is 4.88. The van der Waals surface area contributed by atoms with Gasteiger partial charge in [-0.15, -0.1) is 11.6 Å². The van der Waals surface area contributed by atoms with Crippen molar-refractivity contribution < 1.29 is 8.78 Å². The van der Waals surface area contributed by atoms with E-state index in [9.17, 15) is 8.78 Å². The molecule has 0 bridgehead atoms. The predicted molar refractivity (Wildman–Crippen MR) is 66.2 cm³/mol. The van der Waals surface area contributed by atoms with Gasteiger partial charge in [-0.2, -0.15) is 0 Å². The highest BCUT2D eigenvalue weighted by molar-refractivity contribution is 6.18. The van der Waals surface area contributed by atoms with Crippen LogP contribution in [0.15, 0.2) is 18.2 Å². The lowest BCUT2D eigenvalue weighted by atomic mass is 9.87. The molecule has 17 heavy (non-hydrogen) atoms. The predicted octanol–water partition coefficient (Wildman–Crippen LogP) is 4.55. The first-order valence-corrected chi connectivity index (χ1v) is 6.74. The van der Waals surface area contributed by atoms with Crippen LogP contribution in [0.4, 0.5) is 8.78 Å². The summed E-state index contributed by atoms with van der Waals surface area (Å²) in [6.45, 7) is 0. The standard InChI is InChI=1S/C14H17ClF2/c15-9-12(10-4-1-2-5-10)8-11-6-3-7-13(16)14(11)17/h3,6-7,10,12H,1-2,4-5,8-9H2. The van der Waals surface area contributed by atoms with Gasteiger partial charge in [0.2, 0.25) is 0 Å². The average molecular weight is 259 g/mol. The first kappa shape index (κ1) is 12.8. The Kier molecular flexibility index (Phi) is 4.38. The summed E-state index contributed by atoms with van der Waals surface area (Å²) < 4.78 is 26.7. The third-order valence-electron chi connectivity index (χ3n) is 3.78. The molecule has 1 saturated carbocycles. The summed E-state index contributed by atoms with van der Waals surface area (Å²) in [5.41, 5.74) is 0.461. The van der Waals surface area contributed by atoms with Crippen molar-refractivity contribution in [2.75, 3.05) is 5.88 Å². The highest BCUT2D eigenvalue weighted by Crippen LogP contribution is 2.34. The van der Waals surface area contributed by atoms with Gasteiger partial charge in [-0.05, 0) is 29.9 Å². The number of benzene rings is 1. The molecule has 1 aliphatic carbocycles. The molecule has 1 aromatic rings. The van der Waals surface area contributed by atoms with E-state index in [0.29, 0.717) is 23.8 Å². The van der Waals surface area contributed by atoms with Crippen LogP contribution < -0.4 is 0 Å². The highest BCUT2D eigenvalue weighted by Gasteiger charge is 2.25. The quantitative estimate of drug-likeness (QED) is 0.695. The Balaban J connectivity index is 2.09. The van der Waals surface area contributed by atoms with Gasteiger partial charge in [-0.3, -0.25) is 0 Å². The Bertz CT molecular complexity index is 372. The minimum atomic E-state index is -0.762. The molecule has 0 nitrogen and oxygen atoms in total. The SMILES string of the molecule is Fc1cccc(CC(CCl)C2CCCC2)c1F. The van der Waals surface area contributed by atoms with Crippen molar-refractivity contribution in [3.63, 3.8) is 0 Å². The van der Waals surface area contributed by atoms with Crippen molar-refractivity contribution in [3.8, 4) is 0 Å². The number of hydrogen-bond acceptors (Lipinski definition) is 0. The molecule has 1 aliphatic rings. The van der Waals surface area contributed by atoms with Crippen LogP contribution in [-0.4, -0.2) is 5.88 Å². The molecule has 94 valence electrons. The highest BCUT2D eigenvalue weighted by atomic mass is 35.5. The van der Waals surface area contributed by atoms with Gasteiger partial charge in [-0.25, -0.2) is 8.78 Å². The Hall–Kier alpha value is -0.630. The molecule has 1 unspecified atom stereocenters. The lowest BCUT2D eigenvalue weighted by Gasteiger charge is -2.21. The molecule has 0 spiro atoms. The van der Waals surface area contributed by atoms with E-state index < -0.39 is 11.6 Å². The van der Waals surface area contributed by atoms with Crippen LogP contribution in [0.25, 0.3) is 0 Å². The summed E-state index contributed by atoms with van der Waals surface area (Å²) in [6.07, 6.45) is 5.38. The number of alkyl halides is 1. The Morgan fingerprint density at radius 3 is 2.59 bits per heavy atom. The maximum Gasteiger partial charge on any atom is 0.162 e. The van der Waals surface area contributed by atoms with Crippen molar-refractivity contribution >= 4 is 11.6 Å². The molecule has 1 atom stereocenters. The molecule has 3 heteroatoms. The molecule has 0 saturated heterocycles. The third-order valence-corrected chi connectivity index (χ3v) is 4.17. The Morgan fingerprint density at radius 2 is 1.94 bits per heavy atom. The average Bonchev–Trinajstić information content (AvgIpc) is 2.85. The lowest BCUT2D eigenvalue weighted by molar-refractivity contribution is 0.362. The van der Waals surface area contributed by atoms with E-state index in [-0.39, 0.29) is 5.92 Å². The fraction of sp³-hybridized carbons (Fsp3) is 0.571. The van der Waals surface area contributed by atoms with Crippen LogP contribution in [0.1, 0.15) is 31.2 Å². The molecule has 0 radical (unpaired) electrons. The minimum absolute atomic E-state index is 0.274. The number of hydrogen-bond donors (Lipinski definition) is 0. The van der Waals surface area contributed by atoms with Gasteiger partial charge < -0.3 is 0 Å². The van der Waals surface area contributed by atoms with Gasteiger partial charge in [-0.1, -0.05) is 37.8 Å². The molecule has 2 rings (SSSR count). The monoisotopic (exact) mass is 258 g/mol. The summed E-state index contributed by atoms with van der Waals surface area (Å²) in [7, 11) is 0. The maximum atomic E-state index is 13.6. The van der Waals surface area contributed by atoms with Crippen molar-refractivity contribution in [1.82, 2.24) is 0 Å². The van der Waals surface area contributed by atoms with E-state index in [2.05, 4.69) is 0 Å². The van der Waals surface area contributed by atoms with Crippen LogP contribution in [0.2, 0.25) is 0 Å². The molecule has 0 aromatic heterocycles. The van der Waals surface area contributed by atoms with Crippen molar-refractivity contribution in [1.29, 1.82) is 0 Å². The third kappa shape index (κ3) is 2.98. The first-order chi connectivity index (χ1) is 8.22. The Morgan fingerprint density at radius 1 is 1.24 bits per heavy atom. The first-order valence-electron chi connectivity index (χ1n) is 6.21. The maximum absolute atomic E-state index is 13.6. The molecule has 0 N–H and O–H groups in total. The van der Waals surface area contributed by atoms with Crippen LogP contribution in [-0.2, 0) is 6.42 Å². The normalized spacial score (nSPS) is 18.5. The van der Waals surface area contributed by atoms with Gasteiger partial charge in [0.1, 0.15) is 0 Å². The van der Waals surface area contributed by atoms with Gasteiger partial charge in [0.25, 0.3) is 0 Å². The summed E-state index contributed by atoms with van der Waals surface area (Å²) in [5, 5.41) is 0. The summed E-state index contributed by atoms with van der Waals surface area (Å²) >= 11 is 5.97. The van der Waals surface area contributed by atoms with Gasteiger partial charge in [0, 0.05) is 5.88 Å². The van der Waals surface area contributed by atoms with E-state index in [1.807, 2.05) is 0 Å². The summed E-state index contributed by atoms with van der Waals surface area (Å²) in [4.78, 5) is 0. The molecule has 1 aromatic carbocycles. The Labute approximate surface area is 106 Å². The van der Waals surface area contributed by atoms with E-state index in [1.54, 1.807) is 12.1 Å². The molecule has 0 heterocycles. The fourth-order valence-corrected chi connectivity index (χ4v) is 3.13. The molecule has 0 aliphatic heterocycles. The van der Waals surface area contributed by atoms with E-state index in [0.717, 1.165) is 6.07 Å².